The number of pyridine rings is 1. The Morgan fingerprint density at radius 3 is 2.75 bits per heavy atom. The second kappa shape index (κ2) is 5.82. The van der Waals surface area contributed by atoms with Crippen LogP contribution in [0, 0.1) is 13.8 Å². The topological polar surface area (TPSA) is 54.4 Å². The Bertz CT molecular complexity index is 353. The molecule has 1 atom stereocenters. The third kappa shape index (κ3) is 2.93. The lowest BCUT2D eigenvalue weighted by atomic mass is 10.1. The molecule has 0 aliphatic rings. The molecule has 1 aromatic heterocycles. The number of aryl methyl sites for hydroxylation is 1. The molecule has 0 aromatic carbocycles. The molecule has 1 unspecified atom stereocenters. The number of aliphatic hydroxyl groups is 1. The molecule has 0 radical (unpaired) electrons. The molecule has 2 N–H and O–H groups in total. The molecule has 1 aromatic rings. The first-order chi connectivity index (χ1) is 7.60. The van der Waals surface area contributed by atoms with E-state index in [4.69, 9.17) is 4.74 Å². The van der Waals surface area contributed by atoms with E-state index in [-0.39, 0.29) is 0 Å². The second-order valence-corrected chi connectivity index (χ2v) is 3.96. The normalized spacial score (nSPS) is 12.6. The van der Waals surface area contributed by atoms with Gasteiger partial charge in [0.25, 0.3) is 0 Å². The lowest BCUT2D eigenvalue weighted by molar-refractivity contribution is 0.173. The van der Waals surface area contributed by atoms with Crippen molar-refractivity contribution in [3.8, 4) is 5.75 Å². The summed E-state index contributed by atoms with van der Waals surface area (Å²) < 4.78 is 5.32. The number of nitrogens with zero attached hydrogens (tertiary/aromatic N) is 1. The molecular formula is C12H20N2O2. The molecule has 1 heterocycles. The standard InChI is InChI=1S/C12H20N2O2/c1-8-6-14-11(5-10(15)7-13-3)9(2)12(8)16-4/h6,10,13,15H,5,7H2,1-4H3. The Labute approximate surface area is 96.7 Å². The van der Waals surface area contributed by atoms with Crippen molar-refractivity contribution in [3.63, 3.8) is 0 Å². The maximum atomic E-state index is 9.72. The zero-order chi connectivity index (χ0) is 12.1. The Morgan fingerprint density at radius 2 is 2.19 bits per heavy atom. The van der Waals surface area contributed by atoms with Gasteiger partial charge in [-0.3, -0.25) is 4.98 Å². The fraction of sp³-hybridized carbons (Fsp3) is 0.583. The van der Waals surface area contributed by atoms with Crippen molar-refractivity contribution in [1.29, 1.82) is 0 Å². The van der Waals surface area contributed by atoms with Gasteiger partial charge in [0.05, 0.1) is 13.2 Å². The van der Waals surface area contributed by atoms with Gasteiger partial charge in [0.2, 0.25) is 0 Å². The summed E-state index contributed by atoms with van der Waals surface area (Å²) in [5.41, 5.74) is 2.93. The van der Waals surface area contributed by atoms with Crippen molar-refractivity contribution in [3.05, 3.63) is 23.0 Å². The van der Waals surface area contributed by atoms with Crippen molar-refractivity contribution in [2.45, 2.75) is 26.4 Å². The summed E-state index contributed by atoms with van der Waals surface area (Å²) in [5, 5.41) is 12.7. The molecule has 16 heavy (non-hydrogen) atoms. The van der Waals surface area contributed by atoms with Gasteiger partial charge in [-0.25, -0.2) is 0 Å². The van der Waals surface area contributed by atoms with Crippen LogP contribution >= 0.6 is 0 Å². The van der Waals surface area contributed by atoms with E-state index < -0.39 is 6.10 Å². The van der Waals surface area contributed by atoms with E-state index in [1.54, 1.807) is 13.3 Å². The van der Waals surface area contributed by atoms with Crippen LogP contribution in [0.2, 0.25) is 0 Å². The fourth-order valence-corrected chi connectivity index (χ4v) is 1.81. The first-order valence-electron chi connectivity index (χ1n) is 5.41. The molecule has 0 aliphatic heterocycles. The monoisotopic (exact) mass is 224 g/mol. The summed E-state index contributed by atoms with van der Waals surface area (Å²) in [6, 6.07) is 0. The zero-order valence-electron chi connectivity index (χ0n) is 10.4. The predicted molar refractivity (Wildman–Crippen MR) is 63.9 cm³/mol. The maximum Gasteiger partial charge on any atom is 0.128 e. The summed E-state index contributed by atoms with van der Waals surface area (Å²) in [4.78, 5) is 4.34. The van der Waals surface area contributed by atoms with Gasteiger partial charge in [-0.05, 0) is 20.9 Å². The minimum Gasteiger partial charge on any atom is -0.496 e. The van der Waals surface area contributed by atoms with E-state index in [1.807, 2.05) is 20.9 Å². The number of aliphatic hydroxyl groups excluding tert-OH is 1. The third-order valence-electron chi connectivity index (χ3n) is 2.62. The molecule has 0 saturated carbocycles. The van der Waals surface area contributed by atoms with E-state index in [2.05, 4.69) is 10.3 Å². The van der Waals surface area contributed by atoms with Crippen LogP contribution in [0.5, 0.6) is 5.75 Å². The first-order valence-corrected chi connectivity index (χ1v) is 5.41. The Hall–Kier alpha value is -1.13. The number of rotatable bonds is 5. The number of hydrogen-bond acceptors (Lipinski definition) is 4. The van der Waals surface area contributed by atoms with Crippen LogP contribution < -0.4 is 10.1 Å². The smallest absolute Gasteiger partial charge is 0.128 e. The molecular weight excluding hydrogens is 204 g/mol. The van der Waals surface area contributed by atoms with Gasteiger partial charge >= 0.3 is 0 Å². The first kappa shape index (κ1) is 12.9. The minimum absolute atomic E-state index is 0.413. The highest BCUT2D eigenvalue weighted by atomic mass is 16.5. The third-order valence-corrected chi connectivity index (χ3v) is 2.62. The van der Waals surface area contributed by atoms with Gasteiger partial charge in [-0.15, -0.1) is 0 Å². The summed E-state index contributed by atoms with van der Waals surface area (Å²) in [7, 11) is 3.47. The van der Waals surface area contributed by atoms with E-state index >= 15 is 0 Å². The van der Waals surface area contributed by atoms with Crippen LogP contribution in [-0.4, -0.2) is 36.9 Å². The molecule has 90 valence electrons. The minimum atomic E-state index is -0.413. The van der Waals surface area contributed by atoms with Gasteiger partial charge < -0.3 is 15.2 Å². The van der Waals surface area contributed by atoms with Crippen LogP contribution in [0.25, 0.3) is 0 Å². The van der Waals surface area contributed by atoms with Crippen molar-refractivity contribution >= 4 is 0 Å². The van der Waals surface area contributed by atoms with Gasteiger partial charge in [0.15, 0.2) is 0 Å². The number of nitrogens with one attached hydrogen (secondary N) is 1. The Balaban J connectivity index is 2.89. The van der Waals surface area contributed by atoms with Gasteiger partial charge in [-0.1, -0.05) is 0 Å². The molecule has 0 amide bonds. The average Bonchev–Trinajstić information content (AvgIpc) is 2.23. The Kier molecular flexibility index (Phi) is 4.71. The van der Waals surface area contributed by atoms with Crippen LogP contribution in [-0.2, 0) is 6.42 Å². The quantitative estimate of drug-likeness (QED) is 0.778. The van der Waals surface area contributed by atoms with Gasteiger partial charge in [0, 0.05) is 36.0 Å². The van der Waals surface area contributed by atoms with E-state index in [1.165, 1.54) is 0 Å². The van der Waals surface area contributed by atoms with Gasteiger partial charge in [0.1, 0.15) is 5.75 Å². The highest BCUT2D eigenvalue weighted by Crippen LogP contribution is 2.24. The Morgan fingerprint density at radius 1 is 1.50 bits per heavy atom. The lowest BCUT2D eigenvalue weighted by Gasteiger charge is -2.14. The molecule has 0 aliphatic carbocycles. The number of aromatic nitrogens is 1. The summed E-state index contributed by atoms with van der Waals surface area (Å²) in [6.07, 6.45) is 1.92. The number of methoxy groups -OCH3 is 1. The lowest BCUT2D eigenvalue weighted by Crippen LogP contribution is -2.26. The molecule has 4 heteroatoms. The predicted octanol–water partition coefficient (Wildman–Crippen LogP) is 0.830. The SMILES string of the molecule is CNCC(O)Cc1ncc(C)c(OC)c1C. The van der Waals surface area contributed by atoms with Crippen LogP contribution in [0.15, 0.2) is 6.20 Å². The summed E-state index contributed by atoms with van der Waals surface area (Å²) >= 11 is 0. The van der Waals surface area contributed by atoms with Crippen molar-refractivity contribution in [2.24, 2.45) is 0 Å². The molecule has 0 fully saturated rings. The summed E-state index contributed by atoms with van der Waals surface area (Å²) in [6.45, 7) is 4.50. The molecule has 1 rings (SSSR count). The van der Waals surface area contributed by atoms with Crippen LogP contribution in [0.3, 0.4) is 0 Å². The molecule has 0 saturated heterocycles. The number of likely N-dealkylation sites (N-methyl/N-ethyl adjacent to an activating group) is 1. The molecule has 4 nitrogen and oxygen atoms in total. The van der Waals surface area contributed by atoms with Crippen molar-refractivity contribution < 1.29 is 9.84 Å². The van der Waals surface area contributed by atoms with Gasteiger partial charge in [-0.2, -0.15) is 0 Å². The van der Waals surface area contributed by atoms with Crippen LogP contribution in [0.4, 0.5) is 0 Å². The number of ether oxygens (including phenoxy) is 1. The zero-order valence-corrected chi connectivity index (χ0v) is 10.4. The van der Waals surface area contributed by atoms with E-state index in [0.717, 1.165) is 22.6 Å². The highest BCUT2D eigenvalue weighted by molar-refractivity contribution is 5.41. The second-order valence-electron chi connectivity index (χ2n) is 3.96. The van der Waals surface area contributed by atoms with Crippen LogP contribution in [0.1, 0.15) is 16.8 Å². The fourth-order valence-electron chi connectivity index (χ4n) is 1.81. The molecule has 0 bridgehead atoms. The number of hydrogen-bond donors (Lipinski definition) is 2. The maximum absolute atomic E-state index is 9.72. The van der Waals surface area contributed by atoms with E-state index in [0.29, 0.717) is 13.0 Å². The highest BCUT2D eigenvalue weighted by Gasteiger charge is 2.12. The van der Waals surface area contributed by atoms with Crippen molar-refractivity contribution in [1.82, 2.24) is 10.3 Å². The summed E-state index contributed by atoms with van der Waals surface area (Å²) in [5.74, 6) is 0.863. The largest absolute Gasteiger partial charge is 0.496 e. The average molecular weight is 224 g/mol. The molecule has 0 spiro atoms. The van der Waals surface area contributed by atoms with E-state index in [9.17, 15) is 5.11 Å². The van der Waals surface area contributed by atoms with Crippen molar-refractivity contribution in [2.75, 3.05) is 20.7 Å².